The molecule has 1 unspecified atom stereocenters. The van der Waals surface area contributed by atoms with E-state index in [1.54, 1.807) is 11.3 Å². The van der Waals surface area contributed by atoms with E-state index in [9.17, 15) is 0 Å². The summed E-state index contributed by atoms with van der Waals surface area (Å²) in [5, 5.41) is 3.47. The van der Waals surface area contributed by atoms with E-state index >= 15 is 0 Å². The number of nitrogens with two attached hydrogens (primary N) is 1. The first-order chi connectivity index (χ1) is 7.72. The minimum absolute atomic E-state index is 0.0867. The molecule has 0 bridgehead atoms. The molecule has 16 heavy (non-hydrogen) atoms. The van der Waals surface area contributed by atoms with Gasteiger partial charge in [-0.25, -0.2) is 0 Å². The monoisotopic (exact) mass is 231 g/mol. The molecular formula is C14H17NS. The summed E-state index contributed by atoms with van der Waals surface area (Å²) in [6.45, 7) is 6.15. The van der Waals surface area contributed by atoms with Crippen LogP contribution in [-0.2, 0) is 0 Å². The molecule has 2 rings (SSSR count). The topological polar surface area (TPSA) is 26.0 Å². The molecular weight excluding hydrogens is 214 g/mol. The van der Waals surface area contributed by atoms with Crippen LogP contribution in [0.25, 0.3) is 10.1 Å². The Hall–Kier alpha value is -1.12. The Balaban J connectivity index is 2.29. The molecule has 1 atom stereocenters. The van der Waals surface area contributed by atoms with Crippen molar-refractivity contribution in [3.8, 4) is 0 Å². The minimum Gasteiger partial charge on any atom is -0.324 e. The minimum atomic E-state index is 0.0867. The Kier molecular flexibility index (Phi) is 3.42. The molecule has 0 aliphatic rings. The van der Waals surface area contributed by atoms with Gasteiger partial charge in [0.1, 0.15) is 0 Å². The van der Waals surface area contributed by atoms with Gasteiger partial charge < -0.3 is 5.73 Å². The molecule has 1 aromatic carbocycles. The second-order valence-corrected chi connectivity index (χ2v) is 5.01. The third-order valence-electron chi connectivity index (χ3n) is 2.92. The van der Waals surface area contributed by atoms with Gasteiger partial charge in [0.2, 0.25) is 0 Å². The zero-order valence-corrected chi connectivity index (χ0v) is 10.4. The first-order valence-electron chi connectivity index (χ1n) is 5.60. The molecule has 0 fully saturated rings. The van der Waals surface area contributed by atoms with E-state index in [2.05, 4.69) is 43.1 Å². The van der Waals surface area contributed by atoms with Crippen LogP contribution < -0.4 is 5.73 Å². The van der Waals surface area contributed by atoms with Gasteiger partial charge in [-0.05, 0) is 35.2 Å². The van der Waals surface area contributed by atoms with Crippen molar-refractivity contribution in [1.82, 2.24) is 0 Å². The van der Waals surface area contributed by atoms with Crippen LogP contribution in [0.1, 0.15) is 31.4 Å². The van der Waals surface area contributed by atoms with Crippen molar-refractivity contribution in [3.63, 3.8) is 0 Å². The molecule has 2 heteroatoms. The third-order valence-corrected chi connectivity index (χ3v) is 3.90. The second kappa shape index (κ2) is 4.81. The van der Waals surface area contributed by atoms with E-state index in [1.165, 1.54) is 21.2 Å². The smallest absolute Gasteiger partial charge is 0.0346 e. The number of thiophene rings is 1. The third kappa shape index (κ3) is 2.18. The van der Waals surface area contributed by atoms with Gasteiger partial charge in [-0.2, -0.15) is 0 Å². The molecule has 0 radical (unpaired) electrons. The first kappa shape index (κ1) is 11.4. The Bertz CT molecular complexity index is 498. The zero-order valence-electron chi connectivity index (χ0n) is 9.57. The van der Waals surface area contributed by atoms with Crippen molar-refractivity contribution in [2.75, 3.05) is 0 Å². The van der Waals surface area contributed by atoms with Crippen molar-refractivity contribution in [2.24, 2.45) is 5.73 Å². The molecule has 0 aliphatic heterocycles. The second-order valence-electron chi connectivity index (χ2n) is 4.10. The quantitative estimate of drug-likeness (QED) is 0.782. The van der Waals surface area contributed by atoms with Gasteiger partial charge in [0, 0.05) is 10.7 Å². The molecule has 1 nitrogen and oxygen atoms in total. The van der Waals surface area contributed by atoms with Crippen LogP contribution in [0.15, 0.2) is 41.8 Å². The van der Waals surface area contributed by atoms with Crippen LogP contribution in [-0.4, -0.2) is 0 Å². The average Bonchev–Trinajstić information content (AvgIpc) is 2.72. The van der Waals surface area contributed by atoms with Crippen molar-refractivity contribution in [2.45, 2.75) is 25.8 Å². The Morgan fingerprint density at radius 3 is 2.94 bits per heavy atom. The van der Waals surface area contributed by atoms with Crippen molar-refractivity contribution in [3.05, 3.63) is 47.4 Å². The lowest BCUT2D eigenvalue weighted by atomic mass is 9.99. The molecule has 2 N–H and O–H groups in total. The van der Waals surface area contributed by atoms with Crippen LogP contribution >= 0.6 is 11.3 Å². The van der Waals surface area contributed by atoms with E-state index < -0.39 is 0 Å². The van der Waals surface area contributed by atoms with E-state index in [-0.39, 0.29) is 6.04 Å². The molecule has 1 aromatic heterocycles. The van der Waals surface area contributed by atoms with Gasteiger partial charge in [-0.3, -0.25) is 0 Å². The molecule has 0 amide bonds. The van der Waals surface area contributed by atoms with E-state index in [1.807, 2.05) is 0 Å². The van der Waals surface area contributed by atoms with Crippen molar-refractivity contribution in [1.29, 1.82) is 0 Å². The lowest BCUT2D eigenvalue weighted by Gasteiger charge is -2.11. The fourth-order valence-corrected chi connectivity index (χ4v) is 2.88. The summed E-state index contributed by atoms with van der Waals surface area (Å²) >= 11 is 1.77. The predicted molar refractivity (Wildman–Crippen MR) is 72.8 cm³/mol. The molecule has 0 saturated heterocycles. The summed E-state index contributed by atoms with van der Waals surface area (Å²) in [5.74, 6) is 0. The maximum atomic E-state index is 6.23. The standard InChI is InChI=1S/C14H17NS/c1-3-10(2)8-13(15)12-9-16-14-7-5-4-6-11(12)14/h4-7,9,13H,2-3,8,15H2,1H3. The number of rotatable bonds is 4. The van der Waals surface area contributed by atoms with E-state index in [4.69, 9.17) is 5.73 Å². The van der Waals surface area contributed by atoms with Gasteiger partial charge in [0.25, 0.3) is 0 Å². The van der Waals surface area contributed by atoms with Crippen LogP contribution in [0.2, 0.25) is 0 Å². The predicted octanol–water partition coefficient (Wildman–Crippen LogP) is 4.26. The number of benzene rings is 1. The molecule has 84 valence electrons. The number of fused-ring (bicyclic) bond motifs is 1. The summed E-state index contributed by atoms with van der Waals surface area (Å²) in [6, 6.07) is 8.52. The number of hydrogen-bond donors (Lipinski definition) is 1. The van der Waals surface area contributed by atoms with Crippen LogP contribution in [0.5, 0.6) is 0 Å². The van der Waals surface area contributed by atoms with Crippen LogP contribution in [0.3, 0.4) is 0 Å². The van der Waals surface area contributed by atoms with Gasteiger partial charge in [-0.15, -0.1) is 11.3 Å². The molecule has 0 saturated carbocycles. The Morgan fingerprint density at radius 2 is 2.19 bits per heavy atom. The fraction of sp³-hybridized carbons (Fsp3) is 0.286. The van der Waals surface area contributed by atoms with Crippen LogP contribution in [0.4, 0.5) is 0 Å². The summed E-state index contributed by atoms with van der Waals surface area (Å²) < 4.78 is 1.31. The van der Waals surface area contributed by atoms with Crippen molar-refractivity contribution < 1.29 is 0 Å². The van der Waals surface area contributed by atoms with E-state index in [0.717, 1.165) is 12.8 Å². The lowest BCUT2D eigenvalue weighted by molar-refractivity contribution is 0.708. The highest BCUT2D eigenvalue weighted by Crippen LogP contribution is 2.31. The summed E-state index contributed by atoms with van der Waals surface area (Å²) in [6.07, 6.45) is 1.90. The normalized spacial score (nSPS) is 12.9. The Labute approximate surface area is 101 Å². The summed E-state index contributed by atoms with van der Waals surface area (Å²) in [5.41, 5.74) is 8.71. The van der Waals surface area contributed by atoms with Gasteiger partial charge in [0.05, 0.1) is 0 Å². The van der Waals surface area contributed by atoms with Gasteiger partial charge in [0.15, 0.2) is 0 Å². The Morgan fingerprint density at radius 1 is 1.44 bits per heavy atom. The highest BCUT2D eigenvalue weighted by atomic mass is 32.1. The molecule has 1 heterocycles. The molecule has 0 spiro atoms. The first-order valence-corrected chi connectivity index (χ1v) is 6.48. The fourth-order valence-electron chi connectivity index (χ4n) is 1.85. The maximum Gasteiger partial charge on any atom is 0.0346 e. The SMILES string of the molecule is C=C(CC)CC(N)c1csc2ccccc12. The largest absolute Gasteiger partial charge is 0.324 e. The number of hydrogen-bond acceptors (Lipinski definition) is 2. The van der Waals surface area contributed by atoms with Crippen molar-refractivity contribution >= 4 is 21.4 Å². The molecule has 2 aromatic rings. The zero-order chi connectivity index (χ0) is 11.5. The van der Waals surface area contributed by atoms with E-state index in [0.29, 0.717) is 0 Å². The lowest BCUT2D eigenvalue weighted by Crippen LogP contribution is -2.10. The van der Waals surface area contributed by atoms with Gasteiger partial charge >= 0.3 is 0 Å². The highest BCUT2D eigenvalue weighted by molar-refractivity contribution is 7.17. The highest BCUT2D eigenvalue weighted by Gasteiger charge is 2.11. The average molecular weight is 231 g/mol. The molecule has 0 aliphatic carbocycles. The summed E-state index contributed by atoms with van der Waals surface area (Å²) in [4.78, 5) is 0. The van der Waals surface area contributed by atoms with Crippen LogP contribution in [0, 0.1) is 0 Å². The summed E-state index contributed by atoms with van der Waals surface area (Å²) in [7, 11) is 0. The maximum absolute atomic E-state index is 6.23. The van der Waals surface area contributed by atoms with Gasteiger partial charge in [-0.1, -0.05) is 37.3 Å².